The van der Waals surface area contributed by atoms with Gasteiger partial charge in [0.1, 0.15) is 0 Å². The van der Waals surface area contributed by atoms with Crippen LogP contribution >= 0.6 is 0 Å². The summed E-state index contributed by atoms with van der Waals surface area (Å²) < 4.78 is 10.6. The molecule has 1 rings (SSSR count). The Kier molecular flexibility index (Phi) is 5.05. The lowest BCUT2D eigenvalue weighted by molar-refractivity contribution is -0.154. The molecule has 3 unspecified atom stereocenters. The number of likely N-dealkylation sites (N-methyl/N-ethyl adjacent to an activating group) is 1. The fourth-order valence-electron chi connectivity index (χ4n) is 1.82. The van der Waals surface area contributed by atoms with Gasteiger partial charge in [-0.15, -0.1) is 0 Å². The van der Waals surface area contributed by atoms with E-state index in [9.17, 15) is 4.79 Å². The van der Waals surface area contributed by atoms with Crippen LogP contribution in [-0.2, 0) is 14.3 Å². The molecule has 88 valence electrons. The van der Waals surface area contributed by atoms with Gasteiger partial charge in [0.25, 0.3) is 0 Å². The molecule has 0 aromatic heterocycles. The summed E-state index contributed by atoms with van der Waals surface area (Å²) in [6.45, 7) is 5.09. The van der Waals surface area contributed by atoms with Crippen LogP contribution in [0.5, 0.6) is 0 Å². The van der Waals surface area contributed by atoms with Crippen molar-refractivity contribution < 1.29 is 14.3 Å². The Balaban J connectivity index is 2.38. The summed E-state index contributed by atoms with van der Waals surface area (Å²) in [4.78, 5) is 11.8. The molecule has 4 nitrogen and oxygen atoms in total. The molecule has 4 heteroatoms. The summed E-state index contributed by atoms with van der Waals surface area (Å²) in [5.41, 5.74) is 0. The zero-order valence-corrected chi connectivity index (χ0v) is 9.79. The van der Waals surface area contributed by atoms with E-state index in [-0.39, 0.29) is 24.0 Å². The van der Waals surface area contributed by atoms with E-state index in [0.29, 0.717) is 13.2 Å². The minimum Gasteiger partial charge on any atom is -0.462 e. The molecule has 0 aromatic rings. The number of carbonyl (C=O) groups excluding carboxylic acids is 1. The van der Waals surface area contributed by atoms with Crippen molar-refractivity contribution in [3.05, 3.63) is 0 Å². The van der Waals surface area contributed by atoms with Crippen LogP contribution in [0.1, 0.15) is 26.7 Å². The average Bonchev–Trinajstić information content (AvgIpc) is 2.65. The largest absolute Gasteiger partial charge is 0.462 e. The maximum absolute atomic E-state index is 11.8. The van der Waals surface area contributed by atoms with Gasteiger partial charge in [0.2, 0.25) is 0 Å². The van der Waals surface area contributed by atoms with Crippen molar-refractivity contribution >= 4 is 5.97 Å². The zero-order chi connectivity index (χ0) is 11.3. The van der Waals surface area contributed by atoms with Crippen molar-refractivity contribution in [2.24, 2.45) is 5.92 Å². The molecule has 0 aliphatic carbocycles. The highest BCUT2D eigenvalue weighted by atomic mass is 16.5. The van der Waals surface area contributed by atoms with Crippen molar-refractivity contribution in [3.8, 4) is 0 Å². The number of esters is 1. The first kappa shape index (κ1) is 12.5. The zero-order valence-electron chi connectivity index (χ0n) is 9.79. The second-order valence-electron chi connectivity index (χ2n) is 4.08. The van der Waals surface area contributed by atoms with Crippen LogP contribution in [0.3, 0.4) is 0 Å². The molecule has 1 aliphatic heterocycles. The maximum atomic E-state index is 11.8. The van der Waals surface area contributed by atoms with Crippen LogP contribution in [0.4, 0.5) is 0 Å². The molecule has 1 heterocycles. The topological polar surface area (TPSA) is 47.6 Å². The van der Waals surface area contributed by atoms with Crippen molar-refractivity contribution in [2.45, 2.75) is 38.8 Å². The highest BCUT2D eigenvalue weighted by molar-refractivity contribution is 5.74. The van der Waals surface area contributed by atoms with E-state index < -0.39 is 0 Å². The molecule has 15 heavy (non-hydrogen) atoms. The van der Waals surface area contributed by atoms with Gasteiger partial charge in [-0.2, -0.15) is 0 Å². The van der Waals surface area contributed by atoms with E-state index in [0.717, 1.165) is 12.8 Å². The molecular formula is C11H21NO3. The SMILES string of the molecule is CCCC(C)OC(=O)C1COCC1NC. The fraction of sp³-hybridized carbons (Fsp3) is 0.909. The molecule has 0 amide bonds. The molecule has 0 aromatic carbocycles. The monoisotopic (exact) mass is 215 g/mol. The Morgan fingerprint density at radius 2 is 2.33 bits per heavy atom. The normalized spacial score (nSPS) is 27.7. The molecule has 0 spiro atoms. The highest BCUT2D eigenvalue weighted by Crippen LogP contribution is 2.16. The fourth-order valence-corrected chi connectivity index (χ4v) is 1.82. The maximum Gasteiger partial charge on any atom is 0.313 e. The van der Waals surface area contributed by atoms with Crippen molar-refractivity contribution in [1.29, 1.82) is 0 Å². The summed E-state index contributed by atoms with van der Waals surface area (Å²) in [7, 11) is 1.84. The Morgan fingerprint density at radius 1 is 1.60 bits per heavy atom. The van der Waals surface area contributed by atoms with Crippen LogP contribution in [0.25, 0.3) is 0 Å². The third-order valence-corrected chi connectivity index (χ3v) is 2.77. The van der Waals surface area contributed by atoms with E-state index in [1.165, 1.54) is 0 Å². The first-order valence-corrected chi connectivity index (χ1v) is 5.64. The van der Waals surface area contributed by atoms with Gasteiger partial charge in [-0.3, -0.25) is 4.79 Å². The Morgan fingerprint density at radius 3 is 2.93 bits per heavy atom. The number of ether oxygens (including phenoxy) is 2. The third kappa shape index (κ3) is 3.47. The van der Waals surface area contributed by atoms with Gasteiger partial charge in [0.05, 0.1) is 25.2 Å². The Bertz CT molecular complexity index is 208. The van der Waals surface area contributed by atoms with E-state index in [4.69, 9.17) is 9.47 Å². The summed E-state index contributed by atoms with van der Waals surface area (Å²) in [5.74, 6) is -0.276. The number of carbonyl (C=O) groups is 1. The first-order chi connectivity index (χ1) is 7.19. The van der Waals surface area contributed by atoms with Crippen LogP contribution in [0.2, 0.25) is 0 Å². The van der Waals surface area contributed by atoms with Crippen LogP contribution in [-0.4, -0.2) is 38.4 Å². The molecule has 1 N–H and O–H groups in total. The molecular weight excluding hydrogens is 194 g/mol. The summed E-state index contributed by atoms with van der Waals surface area (Å²) >= 11 is 0. The van der Waals surface area contributed by atoms with Gasteiger partial charge in [0.15, 0.2) is 0 Å². The highest BCUT2D eigenvalue weighted by Gasteiger charge is 2.34. The van der Waals surface area contributed by atoms with Gasteiger partial charge < -0.3 is 14.8 Å². The standard InChI is InChI=1S/C11H21NO3/c1-4-5-8(2)15-11(13)9-6-14-7-10(9)12-3/h8-10,12H,4-7H2,1-3H3. The van der Waals surface area contributed by atoms with Gasteiger partial charge in [-0.1, -0.05) is 13.3 Å². The lowest BCUT2D eigenvalue weighted by Crippen LogP contribution is -2.38. The molecule has 1 saturated heterocycles. The van der Waals surface area contributed by atoms with Gasteiger partial charge in [-0.05, 0) is 20.4 Å². The lowest BCUT2D eigenvalue weighted by atomic mass is 10.0. The number of hydrogen-bond donors (Lipinski definition) is 1. The smallest absolute Gasteiger partial charge is 0.313 e. The lowest BCUT2D eigenvalue weighted by Gasteiger charge is -2.18. The average molecular weight is 215 g/mol. The van der Waals surface area contributed by atoms with Crippen LogP contribution in [0.15, 0.2) is 0 Å². The predicted octanol–water partition coefficient (Wildman–Crippen LogP) is 0.953. The van der Waals surface area contributed by atoms with Crippen LogP contribution in [0, 0.1) is 5.92 Å². The molecule has 0 saturated carbocycles. The minimum absolute atomic E-state index is 0.0145. The van der Waals surface area contributed by atoms with Gasteiger partial charge in [0, 0.05) is 6.04 Å². The van der Waals surface area contributed by atoms with Crippen molar-refractivity contribution in [1.82, 2.24) is 5.32 Å². The third-order valence-electron chi connectivity index (χ3n) is 2.77. The predicted molar refractivity (Wildman–Crippen MR) is 57.6 cm³/mol. The summed E-state index contributed by atoms with van der Waals surface area (Å²) in [6, 6.07) is 0.103. The summed E-state index contributed by atoms with van der Waals surface area (Å²) in [5, 5.41) is 3.07. The molecule has 1 aliphatic rings. The number of rotatable bonds is 5. The minimum atomic E-state index is -0.144. The van der Waals surface area contributed by atoms with Crippen molar-refractivity contribution in [3.63, 3.8) is 0 Å². The summed E-state index contributed by atoms with van der Waals surface area (Å²) in [6.07, 6.45) is 1.97. The Labute approximate surface area is 91.3 Å². The number of hydrogen-bond acceptors (Lipinski definition) is 4. The molecule has 0 radical (unpaired) electrons. The Hall–Kier alpha value is -0.610. The van der Waals surface area contributed by atoms with Crippen molar-refractivity contribution in [2.75, 3.05) is 20.3 Å². The van der Waals surface area contributed by atoms with E-state index in [1.54, 1.807) is 0 Å². The second kappa shape index (κ2) is 6.08. The molecule has 1 fully saturated rings. The second-order valence-corrected chi connectivity index (χ2v) is 4.08. The van der Waals surface area contributed by atoms with E-state index in [2.05, 4.69) is 12.2 Å². The quantitative estimate of drug-likeness (QED) is 0.694. The van der Waals surface area contributed by atoms with Gasteiger partial charge >= 0.3 is 5.97 Å². The van der Waals surface area contributed by atoms with E-state index in [1.807, 2.05) is 14.0 Å². The van der Waals surface area contributed by atoms with Crippen LogP contribution < -0.4 is 5.32 Å². The van der Waals surface area contributed by atoms with Gasteiger partial charge in [-0.25, -0.2) is 0 Å². The number of nitrogens with one attached hydrogen (secondary N) is 1. The first-order valence-electron chi connectivity index (χ1n) is 5.64. The van der Waals surface area contributed by atoms with E-state index >= 15 is 0 Å². The molecule has 3 atom stereocenters. The molecule has 0 bridgehead atoms.